The average Bonchev–Trinajstić information content (AvgIpc) is 3.32. The van der Waals surface area contributed by atoms with Gasteiger partial charge in [-0.15, -0.1) is 0 Å². The average molecular weight is 596 g/mol. The molecule has 1 aromatic carbocycles. The quantitative estimate of drug-likeness (QED) is 0.419. The first-order valence-corrected chi connectivity index (χ1v) is 13.5. The fourth-order valence-electron chi connectivity index (χ4n) is 4.25. The van der Waals surface area contributed by atoms with Gasteiger partial charge < -0.3 is 9.63 Å². The Morgan fingerprint density at radius 2 is 2.05 bits per heavy atom. The number of aliphatic imine (C=N–C) groups is 1. The standard InChI is InChI=1S/C24H24BrF2N5O4S/c1-13-7-15(25)10-29-20(13)18-9-19(36-32-18)14-5-6-17(27)16(8-14)24(11-26)12-37(35,28-4)23(2,3)21(31-24)30-22(33)34/h5-10H,11-12H2,1-4H3,(H,30,31)(H,33,34)/t24-,37+/m0/s1. The highest BCUT2D eigenvalue weighted by molar-refractivity contribution is 9.10. The number of halogens is 3. The molecule has 0 unspecified atom stereocenters. The minimum Gasteiger partial charge on any atom is -0.465 e. The van der Waals surface area contributed by atoms with Crippen molar-refractivity contribution < 1.29 is 27.4 Å². The molecule has 2 atom stereocenters. The number of amides is 1. The van der Waals surface area contributed by atoms with Crippen LogP contribution in [0.1, 0.15) is 25.0 Å². The van der Waals surface area contributed by atoms with Gasteiger partial charge in [-0.05, 0) is 66.5 Å². The number of nitrogens with one attached hydrogen (secondary N) is 1. The third-order valence-electron chi connectivity index (χ3n) is 6.42. The van der Waals surface area contributed by atoms with Crippen molar-refractivity contribution in [2.45, 2.75) is 31.1 Å². The van der Waals surface area contributed by atoms with Crippen LogP contribution in [-0.4, -0.2) is 55.6 Å². The molecule has 0 spiro atoms. The molecule has 3 heterocycles. The van der Waals surface area contributed by atoms with Crippen molar-refractivity contribution in [3.05, 3.63) is 57.9 Å². The molecule has 0 fully saturated rings. The maximum absolute atomic E-state index is 15.2. The van der Waals surface area contributed by atoms with Crippen molar-refractivity contribution >= 4 is 37.6 Å². The van der Waals surface area contributed by atoms with Gasteiger partial charge in [-0.1, -0.05) is 5.16 Å². The highest BCUT2D eigenvalue weighted by Crippen LogP contribution is 2.41. The highest BCUT2D eigenvalue weighted by atomic mass is 79.9. The van der Waals surface area contributed by atoms with E-state index in [0.717, 1.165) is 16.1 Å². The number of pyridine rings is 1. The number of hydrogen-bond acceptors (Lipinski definition) is 7. The second-order valence-electron chi connectivity index (χ2n) is 9.12. The fourth-order valence-corrected chi connectivity index (χ4v) is 6.99. The van der Waals surface area contributed by atoms with E-state index in [1.54, 1.807) is 12.3 Å². The van der Waals surface area contributed by atoms with Crippen LogP contribution in [-0.2, 0) is 15.3 Å². The van der Waals surface area contributed by atoms with Crippen molar-refractivity contribution in [3.63, 3.8) is 0 Å². The van der Waals surface area contributed by atoms with Gasteiger partial charge in [0.2, 0.25) is 0 Å². The molecule has 0 aliphatic carbocycles. The number of carboxylic acid groups (broad SMARTS) is 1. The van der Waals surface area contributed by atoms with E-state index in [2.05, 4.69) is 40.7 Å². The number of carbonyl (C=O) groups is 1. The lowest BCUT2D eigenvalue weighted by Gasteiger charge is -2.41. The molecule has 9 nitrogen and oxygen atoms in total. The molecule has 1 aliphatic rings. The zero-order valence-electron chi connectivity index (χ0n) is 20.4. The van der Waals surface area contributed by atoms with Crippen LogP contribution in [0, 0.1) is 12.7 Å². The number of hydrogen-bond donors (Lipinski definition) is 2. The van der Waals surface area contributed by atoms with Crippen LogP contribution in [0.25, 0.3) is 22.7 Å². The van der Waals surface area contributed by atoms with Gasteiger partial charge in [0.05, 0.1) is 21.2 Å². The minimum atomic E-state index is -3.29. The van der Waals surface area contributed by atoms with E-state index in [9.17, 15) is 18.5 Å². The van der Waals surface area contributed by atoms with Gasteiger partial charge in [-0.2, -0.15) is 0 Å². The summed E-state index contributed by atoms with van der Waals surface area (Å²) in [7, 11) is -1.99. The number of aromatic nitrogens is 2. The van der Waals surface area contributed by atoms with Gasteiger partial charge >= 0.3 is 6.09 Å². The van der Waals surface area contributed by atoms with Crippen LogP contribution in [0.15, 0.2) is 54.9 Å². The maximum atomic E-state index is 15.2. The Morgan fingerprint density at radius 1 is 1.32 bits per heavy atom. The summed E-state index contributed by atoms with van der Waals surface area (Å²) in [5.41, 5.74) is 0.0563. The molecule has 4 rings (SSSR count). The molecule has 37 heavy (non-hydrogen) atoms. The largest absolute Gasteiger partial charge is 0.465 e. The Kier molecular flexibility index (Phi) is 6.97. The van der Waals surface area contributed by atoms with Crippen molar-refractivity contribution in [1.29, 1.82) is 0 Å². The van der Waals surface area contributed by atoms with Gasteiger partial charge in [-0.25, -0.2) is 22.1 Å². The van der Waals surface area contributed by atoms with Crippen molar-refractivity contribution in [2.75, 3.05) is 19.5 Å². The predicted octanol–water partition coefficient (Wildman–Crippen LogP) is 5.33. The number of benzene rings is 1. The lowest BCUT2D eigenvalue weighted by atomic mass is 9.90. The molecule has 0 bridgehead atoms. The van der Waals surface area contributed by atoms with E-state index in [0.29, 0.717) is 17.0 Å². The number of aryl methyl sites for hydroxylation is 1. The number of amidine groups is 1. The molecule has 2 N–H and O–H groups in total. The van der Waals surface area contributed by atoms with Gasteiger partial charge in [-0.3, -0.25) is 15.3 Å². The second kappa shape index (κ2) is 9.60. The zero-order valence-corrected chi connectivity index (χ0v) is 22.8. The first-order chi connectivity index (χ1) is 17.4. The first-order valence-electron chi connectivity index (χ1n) is 11.0. The van der Waals surface area contributed by atoms with Crippen LogP contribution in [0.2, 0.25) is 0 Å². The molecule has 2 aromatic heterocycles. The molecule has 0 radical (unpaired) electrons. The summed E-state index contributed by atoms with van der Waals surface area (Å²) < 4.78 is 52.8. The summed E-state index contributed by atoms with van der Waals surface area (Å²) in [5, 5.41) is 15.5. The van der Waals surface area contributed by atoms with Crippen molar-refractivity contribution in [1.82, 2.24) is 15.5 Å². The topological polar surface area (TPSA) is 130 Å². The van der Waals surface area contributed by atoms with E-state index in [-0.39, 0.29) is 17.2 Å². The van der Waals surface area contributed by atoms with E-state index in [4.69, 9.17) is 4.52 Å². The summed E-state index contributed by atoms with van der Waals surface area (Å²) in [6.07, 6.45) is 0.152. The fraction of sp³-hybridized carbons (Fsp3) is 0.333. The summed E-state index contributed by atoms with van der Waals surface area (Å²) in [5.74, 6) is -1.25. The minimum absolute atomic E-state index is 0.208. The van der Waals surface area contributed by atoms with Crippen LogP contribution < -0.4 is 5.32 Å². The van der Waals surface area contributed by atoms with E-state index in [1.807, 2.05) is 13.0 Å². The van der Waals surface area contributed by atoms with Gasteiger partial charge in [0.25, 0.3) is 0 Å². The third-order valence-corrected chi connectivity index (χ3v) is 10.1. The monoisotopic (exact) mass is 595 g/mol. The highest BCUT2D eigenvalue weighted by Gasteiger charge is 2.51. The molecule has 0 saturated heterocycles. The molecule has 196 valence electrons. The maximum Gasteiger partial charge on any atom is 0.410 e. The first kappa shape index (κ1) is 26.9. The lowest BCUT2D eigenvalue weighted by molar-refractivity contribution is 0.199. The SMILES string of the molecule is CN=[S@@]1(=O)C[C@@](CF)(c2cc(-c3cc(-c4ncc(Br)cc4C)no3)ccc2F)N=C(NC(=O)O)C1(C)C. The summed E-state index contributed by atoms with van der Waals surface area (Å²) in [6, 6.07) is 7.40. The van der Waals surface area contributed by atoms with Crippen LogP contribution in [0.5, 0.6) is 0 Å². The number of rotatable bonds is 4. The Morgan fingerprint density at radius 3 is 2.68 bits per heavy atom. The van der Waals surface area contributed by atoms with E-state index in [1.165, 1.54) is 33.0 Å². The number of alkyl halides is 1. The number of nitrogens with zero attached hydrogens (tertiary/aromatic N) is 4. The van der Waals surface area contributed by atoms with Crippen molar-refractivity contribution in [2.24, 2.45) is 9.36 Å². The van der Waals surface area contributed by atoms with Gasteiger partial charge in [0.1, 0.15) is 34.3 Å². The Hall–Kier alpha value is -3.19. The third kappa shape index (κ3) is 4.65. The summed E-state index contributed by atoms with van der Waals surface area (Å²) in [4.78, 5) is 20.1. The van der Waals surface area contributed by atoms with Crippen LogP contribution in [0.4, 0.5) is 13.6 Å². The summed E-state index contributed by atoms with van der Waals surface area (Å²) >= 11 is 3.37. The van der Waals surface area contributed by atoms with Crippen LogP contribution >= 0.6 is 15.9 Å². The predicted molar refractivity (Wildman–Crippen MR) is 139 cm³/mol. The zero-order chi connectivity index (χ0) is 27.2. The van der Waals surface area contributed by atoms with E-state index < -0.39 is 44.4 Å². The smallest absolute Gasteiger partial charge is 0.410 e. The molecule has 0 saturated carbocycles. The van der Waals surface area contributed by atoms with Gasteiger partial charge in [0, 0.05) is 34.9 Å². The Bertz CT molecular complexity index is 1550. The molecular formula is C24H24BrF2N5O4S. The molecule has 1 amide bonds. The molecule has 3 aromatic rings. The van der Waals surface area contributed by atoms with Crippen molar-refractivity contribution in [3.8, 4) is 22.7 Å². The molecule has 1 aliphatic heterocycles. The van der Waals surface area contributed by atoms with E-state index >= 15 is 4.39 Å². The molecular weight excluding hydrogens is 572 g/mol. The normalized spacial score (nSPS) is 22.8. The molecule has 13 heteroatoms. The Balaban J connectivity index is 1.86. The van der Waals surface area contributed by atoms with Crippen LogP contribution in [0.3, 0.4) is 0 Å². The Labute approximate surface area is 220 Å². The van der Waals surface area contributed by atoms with Gasteiger partial charge in [0.15, 0.2) is 5.76 Å². The second-order valence-corrected chi connectivity index (χ2v) is 13.0. The summed E-state index contributed by atoms with van der Waals surface area (Å²) in [6.45, 7) is 3.62. The lowest BCUT2D eigenvalue weighted by Crippen LogP contribution is -2.58.